The molecule has 5 nitrogen and oxygen atoms in total. The topological polar surface area (TPSA) is 52.7 Å². The van der Waals surface area contributed by atoms with Crippen LogP contribution in [0.3, 0.4) is 0 Å². The van der Waals surface area contributed by atoms with E-state index >= 15 is 0 Å². The van der Waals surface area contributed by atoms with Crippen LogP contribution in [0.25, 0.3) is 0 Å². The fraction of sp³-hybridized carbons (Fsp3) is 0.333. The molecule has 132 valence electrons. The van der Waals surface area contributed by atoms with Crippen molar-refractivity contribution < 1.29 is 8.42 Å². The molecular weight excluding hydrogens is 358 g/mol. The fourth-order valence-electron chi connectivity index (χ4n) is 3.09. The van der Waals surface area contributed by atoms with Gasteiger partial charge in [-0.2, -0.15) is 8.42 Å². The molecular formula is C18H20ClN3O2S. The summed E-state index contributed by atoms with van der Waals surface area (Å²) in [6, 6.07) is 14.9. The van der Waals surface area contributed by atoms with E-state index in [4.69, 9.17) is 11.6 Å². The van der Waals surface area contributed by atoms with Gasteiger partial charge in [-0.15, -0.1) is 0 Å². The van der Waals surface area contributed by atoms with Gasteiger partial charge in [-0.25, -0.2) is 4.31 Å². The number of anilines is 3. The molecule has 0 amide bonds. The second kappa shape index (κ2) is 6.52. The van der Waals surface area contributed by atoms with Crippen LogP contribution in [0.1, 0.15) is 19.3 Å². The highest BCUT2D eigenvalue weighted by atomic mass is 35.5. The van der Waals surface area contributed by atoms with Crippen molar-refractivity contribution in [2.75, 3.05) is 21.7 Å². The van der Waals surface area contributed by atoms with Crippen LogP contribution < -0.4 is 13.9 Å². The maximum atomic E-state index is 13.2. The van der Waals surface area contributed by atoms with Crippen molar-refractivity contribution in [1.82, 2.24) is 5.32 Å². The first-order valence-corrected chi connectivity index (χ1v) is 10.3. The lowest BCUT2D eigenvalue weighted by Gasteiger charge is -2.22. The smallest absolute Gasteiger partial charge is 0.314 e. The van der Waals surface area contributed by atoms with Crippen molar-refractivity contribution >= 4 is 38.9 Å². The predicted octanol–water partition coefficient (Wildman–Crippen LogP) is 3.69. The SMILES string of the molecule is O=S1(=O)N(CCCNC2CC2)c2ccccc2N1c1ccc(Cl)cc1. The Balaban J connectivity index is 1.62. The number of rotatable bonds is 6. The molecule has 0 unspecified atom stereocenters. The van der Waals surface area contributed by atoms with Gasteiger partial charge in [0.15, 0.2) is 0 Å². The molecule has 0 atom stereocenters. The van der Waals surface area contributed by atoms with Gasteiger partial charge in [0.05, 0.1) is 17.1 Å². The maximum absolute atomic E-state index is 13.2. The number of halogens is 1. The lowest BCUT2D eigenvalue weighted by Crippen LogP contribution is -2.37. The second-order valence-corrected chi connectivity index (χ2v) is 8.53. The van der Waals surface area contributed by atoms with Crippen LogP contribution in [-0.2, 0) is 10.2 Å². The fourth-order valence-corrected chi connectivity index (χ4v) is 4.97. The molecule has 0 saturated heterocycles. The number of hydrogen-bond acceptors (Lipinski definition) is 3. The molecule has 0 bridgehead atoms. The van der Waals surface area contributed by atoms with Crippen LogP contribution in [0.2, 0.25) is 5.02 Å². The van der Waals surface area contributed by atoms with Crippen molar-refractivity contribution in [3.63, 3.8) is 0 Å². The van der Waals surface area contributed by atoms with Crippen molar-refractivity contribution in [2.24, 2.45) is 0 Å². The number of nitrogens with zero attached hydrogens (tertiary/aromatic N) is 2. The van der Waals surface area contributed by atoms with Crippen molar-refractivity contribution in [3.8, 4) is 0 Å². The van der Waals surface area contributed by atoms with Gasteiger partial charge >= 0.3 is 10.2 Å². The molecule has 25 heavy (non-hydrogen) atoms. The molecule has 2 aromatic carbocycles. The molecule has 1 aliphatic heterocycles. The van der Waals surface area contributed by atoms with Crippen LogP contribution in [0, 0.1) is 0 Å². The Kier molecular flexibility index (Phi) is 4.35. The molecule has 1 aliphatic carbocycles. The average molecular weight is 378 g/mol. The van der Waals surface area contributed by atoms with Gasteiger partial charge in [0.25, 0.3) is 0 Å². The standard InChI is InChI=1S/C18H20ClN3O2S/c19-14-6-10-16(11-7-14)22-18-5-2-1-4-17(18)21(25(22,23)24)13-3-12-20-15-8-9-15/h1-2,4-7,10-11,15,20H,3,8-9,12-13H2. The lowest BCUT2D eigenvalue weighted by molar-refractivity contribution is 0.589. The van der Waals surface area contributed by atoms with Crippen LogP contribution in [0.5, 0.6) is 0 Å². The quantitative estimate of drug-likeness (QED) is 0.781. The van der Waals surface area contributed by atoms with Crippen LogP contribution in [0.15, 0.2) is 48.5 Å². The van der Waals surface area contributed by atoms with E-state index in [1.165, 1.54) is 21.5 Å². The minimum Gasteiger partial charge on any atom is -0.314 e. The van der Waals surface area contributed by atoms with E-state index in [-0.39, 0.29) is 0 Å². The summed E-state index contributed by atoms with van der Waals surface area (Å²) in [5.41, 5.74) is 2.00. The van der Waals surface area contributed by atoms with E-state index in [1.54, 1.807) is 24.3 Å². The first-order valence-electron chi connectivity index (χ1n) is 8.48. The zero-order chi connectivity index (χ0) is 17.4. The summed E-state index contributed by atoms with van der Waals surface area (Å²) in [6.07, 6.45) is 3.24. The van der Waals surface area contributed by atoms with Gasteiger partial charge in [0.2, 0.25) is 0 Å². The van der Waals surface area contributed by atoms with Crippen molar-refractivity contribution in [2.45, 2.75) is 25.3 Å². The van der Waals surface area contributed by atoms with E-state index in [1.807, 2.05) is 24.3 Å². The summed E-state index contributed by atoms with van der Waals surface area (Å²) in [7, 11) is -3.64. The largest absolute Gasteiger partial charge is 0.330 e. The van der Waals surface area contributed by atoms with E-state index in [0.29, 0.717) is 29.0 Å². The Labute approximate surface area is 153 Å². The van der Waals surface area contributed by atoms with Crippen LogP contribution in [-0.4, -0.2) is 27.5 Å². The van der Waals surface area contributed by atoms with E-state index in [9.17, 15) is 8.42 Å². The van der Waals surface area contributed by atoms with Gasteiger partial charge < -0.3 is 5.32 Å². The zero-order valence-electron chi connectivity index (χ0n) is 13.7. The highest BCUT2D eigenvalue weighted by Crippen LogP contribution is 2.45. The second-order valence-electron chi connectivity index (χ2n) is 6.39. The molecule has 7 heteroatoms. The normalized spacial score (nSPS) is 18.4. The number of fused-ring (bicyclic) bond motifs is 1. The van der Waals surface area contributed by atoms with Crippen LogP contribution in [0.4, 0.5) is 17.1 Å². The Hall–Kier alpha value is -1.76. The molecule has 2 aliphatic rings. The average Bonchev–Trinajstić information content (AvgIpc) is 3.38. The molecule has 0 spiro atoms. The summed E-state index contributed by atoms with van der Waals surface area (Å²) < 4.78 is 29.2. The van der Waals surface area contributed by atoms with E-state index < -0.39 is 10.2 Å². The first kappa shape index (κ1) is 16.7. The maximum Gasteiger partial charge on any atom is 0.330 e. The summed E-state index contributed by atoms with van der Waals surface area (Å²) in [4.78, 5) is 0. The monoisotopic (exact) mass is 377 g/mol. The van der Waals surface area contributed by atoms with Gasteiger partial charge in [0, 0.05) is 17.6 Å². The predicted molar refractivity (Wildman–Crippen MR) is 102 cm³/mol. The Morgan fingerprint density at radius 2 is 1.72 bits per heavy atom. The molecule has 1 saturated carbocycles. The molecule has 4 rings (SSSR count). The first-order chi connectivity index (χ1) is 12.1. The van der Waals surface area contributed by atoms with Gasteiger partial charge in [-0.3, -0.25) is 4.31 Å². The Bertz CT molecular complexity index is 866. The van der Waals surface area contributed by atoms with Crippen molar-refractivity contribution in [3.05, 3.63) is 53.6 Å². The third-order valence-corrected chi connectivity index (χ3v) is 6.55. The number of nitrogens with one attached hydrogen (secondary N) is 1. The summed E-state index contributed by atoms with van der Waals surface area (Å²) in [5, 5.41) is 4.01. The molecule has 0 aromatic heterocycles. The minimum absolute atomic E-state index is 0.461. The molecule has 1 N–H and O–H groups in total. The van der Waals surface area contributed by atoms with Crippen molar-refractivity contribution in [1.29, 1.82) is 0 Å². The third kappa shape index (κ3) is 3.21. The van der Waals surface area contributed by atoms with Gasteiger partial charge in [-0.1, -0.05) is 23.7 Å². The molecule has 2 aromatic rings. The highest BCUT2D eigenvalue weighted by Gasteiger charge is 2.40. The number of hydrogen-bond donors (Lipinski definition) is 1. The van der Waals surface area contributed by atoms with Gasteiger partial charge in [-0.05, 0) is 62.2 Å². The van der Waals surface area contributed by atoms with Crippen LogP contribution >= 0.6 is 11.6 Å². The number of para-hydroxylation sites is 2. The van der Waals surface area contributed by atoms with E-state index in [2.05, 4.69) is 5.32 Å². The van der Waals surface area contributed by atoms with E-state index in [0.717, 1.165) is 18.7 Å². The Morgan fingerprint density at radius 3 is 2.40 bits per heavy atom. The molecule has 1 fully saturated rings. The summed E-state index contributed by atoms with van der Waals surface area (Å²) >= 11 is 5.95. The molecule has 1 heterocycles. The highest BCUT2D eigenvalue weighted by molar-refractivity contribution is 7.95. The zero-order valence-corrected chi connectivity index (χ0v) is 15.3. The summed E-state index contributed by atoms with van der Waals surface area (Å²) in [6.45, 7) is 1.29. The minimum atomic E-state index is -3.64. The lowest BCUT2D eigenvalue weighted by atomic mass is 10.2. The molecule has 0 radical (unpaired) electrons. The number of benzene rings is 2. The van der Waals surface area contributed by atoms with Gasteiger partial charge in [0.1, 0.15) is 0 Å². The third-order valence-electron chi connectivity index (χ3n) is 4.49. The summed E-state index contributed by atoms with van der Waals surface area (Å²) in [5.74, 6) is 0. The Morgan fingerprint density at radius 1 is 1.04 bits per heavy atom.